The molecule has 0 aliphatic carbocycles. The Kier molecular flexibility index (Phi) is 43.8. The van der Waals surface area contributed by atoms with Crippen LogP contribution in [0.2, 0.25) is 0 Å². The highest BCUT2D eigenvalue weighted by atomic mass is 16.6. The van der Waals surface area contributed by atoms with Crippen molar-refractivity contribution < 1.29 is 28.6 Å². The van der Waals surface area contributed by atoms with Gasteiger partial charge >= 0.3 is 17.9 Å². The van der Waals surface area contributed by atoms with Crippen LogP contribution in [0.15, 0.2) is 0 Å². The van der Waals surface area contributed by atoms with Crippen molar-refractivity contribution in [2.45, 2.75) is 284 Å². The maximum atomic E-state index is 12.6. The lowest BCUT2D eigenvalue weighted by Crippen LogP contribution is -2.30. The molecule has 0 aromatic heterocycles. The van der Waals surface area contributed by atoms with Crippen molar-refractivity contribution >= 4 is 17.9 Å². The summed E-state index contributed by atoms with van der Waals surface area (Å²) in [5.74, 6) is -0.853. The van der Waals surface area contributed by atoms with Crippen molar-refractivity contribution in [3.8, 4) is 0 Å². The van der Waals surface area contributed by atoms with E-state index in [1.54, 1.807) is 0 Å². The van der Waals surface area contributed by atoms with Crippen LogP contribution in [0, 0.1) is 0 Å². The summed E-state index contributed by atoms with van der Waals surface area (Å²) in [4.78, 5) is 37.7. The van der Waals surface area contributed by atoms with Gasteiger partial charge in [0, 0.05) is 19.3 Å². The number of unbranched alkanes of at least 4 members (excludes halogenated alkanes) is 34. The van der Waals surface area contributed by atoms with E-state index in [9.17, 15) is 14.4 Å². The molecule has 0 heterocycles. The van der Waals surface area contributed by atoms with Gasteiger partial charge in [0.1, 0.15) is 13.2 Å². The lowest BCUT2D eigenvalue weighted by molar-refractivity contribution is -0.167. The summed E-state index contributed by atoms with van der Waals surface area (Å²) in [6, 6.07) is 0. The van der Waals surface area contributed by atoms with Crippen LogP contribution < -0.4 is 0 Å². The predicted molar refractivity (Wildman–Crippen MR) is 233 cm³/mol. The Balaban J connectivity index is 4.17. The van der Waals surface area contributed by atoms with Crippen LogP contribution in [0.3, 0.4) is 0 Å². The van der Waals surface area contributed by atoms with Gasteiger partial charge in [-0.15, -0.1) is 0 Å². The molecule has 0 saturated heterocycles. The molecule has 0 radical (unpaired) electrons. The van der Waals surface area contributed by atoms with Gasteiger partial charge in [-0.05, 0) is 19.3 Å². The molecule has 0 saturated carbocycles. The zero-order valence-electron chi connectivity index (χ0n) is 37.2. The Morgan fingerprint density at radius 3 is 0.727 bits per heavy atom. The highest BCUT2D eigenvalue weighted by molar-refractivity contribution is 5.71. The first kappa shape index (κ1) is 53.4. The molecular weight excluding hydrogens is 685 g/mol. The zero-order valence-corrected chi connectivity index (χ0v) is 37.2. The average Bonchev–Trinajstić information content (AvgIpc) is 3.18. The van der Waals surface area contributed by atoms with Crippen molar-refractivity contribution in [2.24, 2.45) is 0 Å². The molecule has 0 amide bonds. The minimum absolute atomic E-state index is 0.0629. The van der Waals surface area contributed by atoms with Gasteiger partial charge < -0.3 is 14.2 Å². The van der Waals surface area contributed by atoms with Crippen molar-refractivity contribution in [1.29, 1.82) is 0 Å². The average molecular weight is 779 g/mol. The maximum absolute atomic E-state index is 12.6. The van der Waals surface area contributed by atoms with Crippen molar-refractivity contribution in [3.05, 3.63) is 0 Å². The van der Waals surface area contributed by atoms with Gasteiger partial charge in [-0.1, -0.05) is 239 Å². The van der Waals surface area contributed by atoms with E-state index >= 15 is 0 Å². The number of hydrogen-bond donors (Lipinski definition) is 0. The fourth-order valence-electron chi connectivity index (χ4n) is 7.38. The quantitative estimate of drug-likeness (QED) is 0.0348. The van der Waals surface area contributed by atoms with Crippen LogP contribution in [0.5, 0.6) is 0 Å². The van der Waals surface area contributed by atoms with Crippen LogP contribution in [-0.2, 0) is 28.6 Å². The molecular formula is C49H94O6. The Labute approximate surface area is 342 Å². The minimum Gasteiger partial charge on any atom is -0.462 e. The Hall–Kier alpha value is -1.59. The van der Waals surface area contributed by atoms with E-state index in [1.165, 1.54) is 180 Å². The normalized spacial score (nSPS) is 11.8. The molecule has 6 heteroatoms. The second-order valence-electron chi connectivity index (χ2n) is 16.7. The van der Waals surface area contributed by atoms with E-state index < -0.39 is 6.10 Å². The molecule has 0 aliphatic rings. The number of ether oxygens (including phenoxy) is 3. The highest BCUT2D eigenvalue weighted by Crippen LogP contribution is 2.16. The summed E-state index contributed by atoms with van der Waals surface area (Å²) in [6.45, 7) is 6.63. The molecule has 326 valence electrons. The largest absolute Gasteiger partial charge is 0.462 e. The first-order chi connectivity index (χ1) is 27.0. The summed E-state index contributed by atoms with van der Waals surface area (Å²) in [5.41, 5.74) is 0. The van der Waals surface area contributed by atoms with Gasteiger partial charge in [0.25, 0.3) is 0 Å². The number of esters is 3. The summed E-state index contributed by atoms with van der Waals surface area (Å²) >= 11 is 0. The third-order valence-corrected chi connectivity index (χ3v) is 11.1. The lowest BCUT2D eigenvalue weighted by atomic mass is 10.0. The monoisotopic (exact) mass is 779 g/mol. The van der Waals surface area contributed by atoms with E-state index in [4.69, 9.17) is 14.2 Å². The second-order valence-corrected chi connectivity index (χ2v) is 16.7. The summed E-state index contributed by atoms with van der Waals surface area (Å²) in [6.07, 6.45) is 46.7. The molecule has 6 nitrogen and oxygen atoms in total. The van der Waals surface area contributed by atoms with Gasteiger partial charge in [-0.25, -0.2) is 0 Å². The van der Waals surface area contributed by atoms with Gasteiger partial charge in [-0.2, -0.15) is 0 Å². The summed E-state index contributed by atoms with van der Waals surface area (Å²) in [5, 5.41) is 0. The Bertz CT molecular complexity index is 813. The molecule has 0 aromatic carbocycles. The summed E-state index contributed by atoms with van der Waals surface area (Å²) in [7, 11) is 0. The maximum Gasteiger partial charge on any atom is 0.306 e. The van der Waals surface area contributed by atoms with E-state index in [-0.39, 0.29) is 31.1 Å². The minimum atomic E-state index is -0.757. The Morgan fingerprint density at radius 1 is 0.291 bits per heavy atom. The molecule has 55 heavy (non-hydrogen) atoms. The van der Waals surface area contributed by atoms with Crippen LogP contribution in [0.4, 0.5) is 0 Å². The fourth-order valence-corrected chi connectivity index (χ4v) is 7.38. The third kappa shape index (κ3) is 43.4. The Morgan fingerprint density at radius 2 is 0.491 bits per heavy atom. The third-order valence-electron chi connectivity index (χ3n) is 11.1. The number of rotatable bonds is 45. The first-order valence-corrected chi connectivity index (χ1v) is 24.5. The first-order valence-electron chi connectivity index (χ1n) is 24.5. The standard InChI is InChI=1S/C49H94O6/c1-4-7-10-13-16-18-20-22-23-24-25-27-29-31-34-36-39-42-48(51)54-45-46(55-49(52)43-40-37-32-15-12-9-6-3)44-53-47(50)41-38-35-33-30-28-26-21-19-17-14-11-8-5-2/h46H,4-45H2,1-3H3/t46-/m1/s1. The number of carbonyl (C=O) groups excluding carboxylic acids is 3. The molecule has 0 aliphatic heterocycles. The smallest absolute Gasteiger partial charge is 0.306 e. The van der Waals surface area contributed by atoms with Gasteiger partial charge in [0.2, 0.25) is 0 Å². The van der Waals surface area contributed by atoms with Gasteiger partial charge in [0.15, 0.2) is 6.10 Å². The number of hydrogen-bond acceptors (Lipinski definition) is 6. The van der Waals surface area contributed by atoms with Crippen LogP contribution in [-0.4, -0.2) is 37.2 Å². The lowest BCUT2D eigenvalue weighted by Gasteiger charge is -2.18. The summed E-state index contributed by atoms with van der Waals surface area (Å²) < 4.78 is 16.7. The second kappa shape index (κ2) is 45.1. The van der Waals surface area contributed by atoms with E-state index in [1.807, 2.05) is 0 Å². The predicted octanol–water partition coefficient (Wildman–Crippen LogP) is 15.6. The van der Waals surface area contributed by atoms with E-state index in [0.29, 0.717) is 19.3 Å². The van der Waals surface area contributed by atoms with Gasteiger partial charge in [-0.3, -0.25) is 14.4 Å². The molecule has 0 N–H and O–H groups in total. The molecule has 0 bridgehead atoms. The topological polar surface area (TPSA) is 78.9 Å². The SMILES string of the molecule is CCCCCCCCCCCCCCCCCCCC(=O)OC[C@@H](COC(=O)CCCCCCCCCCCCCCC)OC(=O)CCCCCCCCC. The van der Waals surface area contributed by atoms with Gasteiger partial charge in [0.05, 0.1) is 0 Å². The highest BCUT2D eigenvalue weighted by Gasteiger charge is 2.19. The fraction of sp³-hybridized carbons (Fsp3) is 0.939. The van der Waals surface area contributed by atoms with Crippen LogP contribution >= 0.6 is 0 Å². The van der Waals surface area contributed by atoms with Crippen molar-refractivity contribution in [3.63, 3.8) is 0 Å². The molecule has 0 fully saturated rings. The molecule has 0 rings (SSSR count). The van der Waals surface area contributed by atoms with E-state index in [0.717, 1.165) is 57.8 Å². The molecule has 0 unspecified atom stereocenters. The molecule has 0 aromatic rings. The molecule has 1 atom stereocenters. The van der Waals surface area contributed by atoms with Crippen molar-refractivity contribution in [2.75, 3.05) is 13.2 Å². The van der Waals surface area contributed by atoms with Crippen LogP contribution in [0.1, 0.15) is 278 Å². The number of carbonyl (C=O) groups is 3. The van der Waals surface area contributed by atoms with Crippen molar-refractivity contribution in [1.82, 2.24) is 0 Å². The van der Waals surface area contributed by atoms with E-state index in [2.05, 4.69) is 20.8 Å². The molecule has 0 spiro atoms. The van der Waals surface area contributed by atoms with Crippen LogP contribution in [0.25, 0.3) is 0 Å². The zero-order chi connectivity index (χ0) is 40.1.